The molecule has 3 nitrogen and oxygen atoms in total. The van der Waals surface area contributed by atoms with E-state index < -0.39 is 23.1 Å². The van der Waals surface area contributed by atoms with Gasteiger partial charge in [-0.3, -0.25) is 9.36 Å². The van der Waals surface area contributed by atoms with Gasteiger partial charge in [0.05, 0.1) is 11.3 Å². The van der Waals surface area contributed by atoms with Crippen LogP contribution in [0.4, 0.5) is 17.6 Å². The van der Waals surface area contributed by atoms with Crippen LogP contribution in [0.25, 0.3) is 5.69 Å². The number of rotatable bonds is 1. The normalized spacial score (nSPS) is 11.6. The third-order valence-corrected chi connectivity index (χ3v) is 2.44. The lowest BCUT2D eigenvalue weighted by Gasteiger charge is -2.10. The SMILES string of the molecule is O=c1cc(C(F)(F)F)ccn1-c1ccc(O)cc1F. The molecule has 1 aromatic carbocycles. The van der Waals surface area contributed by atoms with E-state index in [2.05, 4.69) is 0 Å². The van der Waals surface area contributed by atoms with Gasteiger partial charge in [-0.15, -0.1) is 0 Å². The van der Waals surface area contributed by atoms with E-state index in [-0.39, 0.29) is 11.4 Å². The van der Waals surface area contributed by atoms with E-state index >= 15 is 0 Å². The Labute approximate surface area is 104 Å². The molecular formula is C12H7F4NO2. The summed E-state index contributed by atoms with van der Waals surface area (Å²) in [6.07, 6.45) is -3.80. The highest BCUT2D eigenvalue weighted by atomic mass is 19.4. The lowest BCUT2D eigenvalue weighted by Crippen LogP contribution is -2.20. The Morgan fingerprint density at radius 2 is 1.79 bits per heavy atom. The van der Waals surface area contributed by atoms with Crippen LogP contribution in [-0.4, -0.2) is 9.67 Å². The number of benzene rings is 1. The molecule has 1 N–H and O–H groups in total. The number of pyridine rings is 1. The minimum atomic E-state index is -4.63. The van der Waals surface area contributed by atoms with Crippen molar-refractivity contribution in [1.29, 1.82) is 0 Å². The molecule has 0 radical (unpaired) electrons. The topological polar surface area (TPSA) is 42.2 Å². The van der Waals surface area contributed by atoms with Crippen molar-refractivity contribution in [3.05, 3.63) is 58.3 Å². The molecule has 0 spiro atoms. The van der Waals surface area contributed by atoms with E-state index in [1.165, 1.54) is 0 Å². The van der Waals surface area contributed by atoms with Crippen molar-refractivity contribution < 1.29 is 22.7 Å². The van der Waals surface area contributed by atoms with Crippen molar-refractivity contribution in [2.75, 3.05) is 0 Å². The number of nitrogens with zero attached hydrogens (tertiary/aromatic N) is 1. The average Bonchev–Trinajstić information content (AvgIpc) is 2.28. The first kappa shape index (κ1) is 13.1. The zero-order valence-electron chi connectivity index (χ0n) is 9.28. The predicted molar refractivity (Wildman–Crippen MR) is 58.7 cm³/mol. The molecular weight excluding hydrogens is 266 g/mol. The largest absolute Gasteiger partial charge is 0.508 e. The monoisotopic (exact) mass is 273 g/mol. The molecule has 0 bridgehead atoms. The van der Waals surface area contributed by atoms with E-state index in [9.17, 15) is 22.4 Å². The lowest BCUT2D eigenvalue weighted by atomic mass is 10.2. The minimum absolute atomic E-state index is 0.239. The summed E-state index contributed by atoms with van der Waals surface area (Å²) in [6.45, 7) is 0. The second kappa shape index (κ2) is 4.42. The summed E-state index contributed by atoms with van der Waals surface area (Å²) in [6, 6.07) is 4.04. The summed E-state index contributed by atoms with van der Waals surface area (Å²) >= 11 is 0. The van der Waals surface area contributed by atoms with Gasteiger partial charge in [0, 0.05) is 18.3 Å². The number of alkyl halides is 3. The fraction of sp³-hybridized carbons (Fsp3) is 0.0833. The highest BCUT2D eigenvalue weighted by Gasteiger charge is 2.31. The predicted octanol–water partition coefficient (Wildman–Crippen LogP) is 2.70. The number of halogens is 4. The van der Waals surface area contributed by atoms with Gasteiger partial charge in [0.15, 0.2) is 5.82 Å². The van der Waals surface area contributed by atoms with E-state index in [0.29, 0.717) is 12.1 Å². The quantitative estimate of drug-likeness (QED) is 0.812. The maximum Gasteiger partial charge on any atom is 0.416 e. The Kier molecular flexibility index (Phi) is 3.05. The van der Waals surface area contributed by atoms with Crippen LogP contribution in [0, 0.1) is 5.82 Å². The van der Waals surface area contributed by atoms with Gasteiger partial charge in [0.25, 0.3) is 5.56 Å². The van der Waals surface area contributed by atoms with Gasteiger partial charge in [-0.25, -0.2) is 4.39 Å². The van der Waals surface area contributed by atoms with E-state index in [0.717, 1.165) is 29.0 Å². The minimum Gasteiger partial charge on any atom is -0.508 e. The van der Waals surface area contributed by atoms with E-state index in [1.807, 2.05) is 0 Å². The number of aromatic nitrogens is 1. The number of phenolic OH excluding ortho intramolecular Hbond substituents is 1. The molecule has 0 atom stereocenters. The van der Waals surface area contributed by atoms with Crippen LogP contribution in [0.1, 0.15) is 5.56 Å². The lowest BCUT2D eigenvalue weighted by molar-refractivity contribution is -0.137. The van der Waals surface area contributed by atoms with E-state index in [1.54, 1.807) is 0 Å². The average molecular weight is 273 g/mol. The number of aromatic hydroxyl groups is 1. The highest BCUT2D eigenvalue weighted by molar-refractivity contribution is 5.39. The summed E-state index contributed by atoms with van der Waals surface area (Å²) in [5, 5.41) is 9.03. The first-order valence-electron chi connectivity index (χ1n) is 5.08. The van der Waals surface area contributed by atoms with Gasteiger partial charge in [0.1, 0.15) is 5.75 Å². The summed E-state index contributed by atoms with van der Waals surface area (Å²) in [4.78, 5) is 11.6. The van der Waals surface area contributed by atoms with Crippen LogP contribution < -0.4 is 5.56 Å². The molecule has 19 heavy (non-hydrogen) atoms. The molecule has 0 amide bonds. The molecule has 0 saturated carbocycles. The molecule has 2 rings (SSSR count). The molecule has 0 aliphatic rings. The number of hydrogen-bond donors (Lipinski definition) is 1. The molecule has 0 unspecified atom stereocenters. The molecule has 7 heteroatoms. The molecule has 0 fully saturated rings. The standard InChI is InChI=1S/C12H7F4NO2/c13-9-6-8(18)1-2-10(9)17-4-3-7(5-11(17)19)12(14,15)16/h1-6,18H. The van der Waals surface area contributed by atoms with Crippen molar-refractivity contribution in [3.63, 3.8) is 0 Å². The van der Waals surface area contributed by atoms with Crippen LogP contribution >= 0.6 is 0 Å². The van der Waals surface area contributed by atoms with Crippen LogP contribution in [0.2, 0.25) is 0 Å². The van der Waals surface area contributed by atoms with Gasteiger partial charge in [-0.1, -0.05) is 0 Å². The molecule has 1 aromatic heterocycles. The van der Waals surface area contributed by atoms with Crippen molar-refractivity contribution in [3.8, 4) is 11.4 Å². The van der Waals surface area contributed by atoms with Gasteiger partial charge in [-0.2, -0.15) is 13.2 Å². The molecule has 1 heterocycles. The van der Waals surface area contributed by atoms with Crippen LogP contribution in [0.3, 0.4) is 0 Å². The Hall–Kier alpha value is -2.31. The first-order chi connectivity index (χ1) is 8.79. The maximum absolute atomic E-state index is 13.5. The summed E-state index contributed by atoms with van der Waals surface area (Å²) < 4.78 is 51.4. The summed E-state index contributed by atoms with van der Waals surface area (Å²) in [5.41, 5.74) is -2.36. The van der Waals surface area contributed by atoms with Crippen molar-refractivity contribution in [1.82, 2.24) is 4.57 Å². The van der Waals surface area contributed by atoms with Crippen molar-refractivity contribution in [2.24, 2.45) is 0 Å². The van der Waals surface area contributed by atoms with Gasteiger partial charge < -0.3 is 5.11 Å². The zero-order valence-corrected chi connectivity index (χ0v) is 9.28. The van der Waals surface area contributed by atoms with Gasteiger partial charge in [-0.05, 0) is 18.2 Å². The smallest absolute Gasteiger partial charge is 0.416 e. The number of hydrogen-bond acceptors (Lipinski definition) is 2. The first-order valence-corrected chi connectivity index (χ1v) is 5.08. The van der Waals surface area contributed by atoms with Crippen LogP contribution in [0.15, 0.2) is 41.3 Å². The molecule has 0 saturated heterocycles. The molecule has 0 aliphatic heterocycles. The highest BCUT2D eigenvalue weighted by Crippen LogP contribution is 2.28. The Balaban J connectivity index is 2.56. The second-order valence-electron chi connectivity index (χ2n) is 3.76. The van der Waals surface area contributed by atoms with Gasteiger partial charge >= 0.3 is 6.18 Å². The van der Waals surface area contributed by atoms with Crippen LogP contribution in [0.5, 0.6) is 5.75 Å². The Bertz CT molecular complexity index is 676. The fourth-order valence-electron chi connectivity index (χ4n) is 1.55. The summed E-state index contributed by atoms with van der Waals surface area (Å²) in [7, 11) is 0. The summed E-state index contributed by atoms with van der Waals surface area (Å²) in [5.74, 6) is -1.26. The van der Waals surface area contributed by atoms with Crippen LogP contribution in [-0.2, 0) is 6.18 Å². The second-order valence-corrected chi connectivity index (χ2v) is 3.76. The Morgan fingerprint density at radius 3 is 2.32 bits per heavy atom. The maximum atomic E-state index is 13.5. The zero-order chi connectivity index (χ0) is 14.2. The van der Waals surface area contributed by atoms with Gasteiger partial charge in [0.2, 0.25) is 0 Å². The van der Waals surface area contributed by atoms with E-state index in [4.69, 9.17) is 5.11 Å². The molecule has 2 aromatic rings. The third-order valence-electron chi connectivity index (χ3n) is 2.44. The third kappa shape index (κ3) is 2.59. The molecule has 100 valence electrons. The Morgan fingerprint density at radius 1 is 1.11 bits per heavy atom. The number of phenols is 1. The van der Waals surface area contributed by atoms with Crippen molar-refractivity contribution >= 4 is 0 Å². The van der Waals surface area contributed by atoms with Crippen molar-refractivity contribution in [2.45, 2.75) is 6.18 Å². The molecule has 0 aliphatic carbocycles. The fourth-order valence-corrected chi connectivity index (χ4v) is 1.55.